The van der Waals surface area contributed by atoms with Crippen LogP contribution in [0, 0.1) is 0 Å². The van der Waals surface area contributed by atoms with Crippen molar-refractivity contribution in [1.82, 2.24) is 0 Å². The lowest BCUT2D eigenvalue weighted by molar-refractivity contribution is -0.135. The Morgan fingerprint density at radius 2 is 1.92 bits per heavy atom. The van der Waals surface area contributed by atoms with Crippen molar-refractivity contribution in [1.29, 1.82) is 0 Å². The van der Waals surface area contributed by atoms with Gasteiger partial charge < -0.3 is 10.8 Å². The van der Waals surface area contributed by atoms with Crippen molar-refractivity contribution in [2.24, 2.45) is 5.73 Å². The van der Waals surface area contributed by atoms with Gasteiger partial charge >= 0.3 is 0 Å². The van der Waals surface area contributed by atoms with E-state index in [2.05, 4.69) is 0 Å². The van der Waals surface area contributed by atoms with Gasteiger partial charge in [-0.1, -0.05) is 23.7 Å². The van der Waals surface area contributed by atoms with E-state index in [1.54, 1.807) is 24.3 Å². The Morgan fingerprint density at radius 1 is 1.46 bits per heavy atom. The zero-order valence-corrected chi connectivity index (χ0v) is 7.88. The number of carbonyl (C=O) groups excluding carboxylic acids is 1. The van der Waals surface area contributed by atoms with Crippen molar-refractivity contribution in [3.05, 3.63) is 34.9 Å². The molecule has 1 atom stereocenters. The van der Waals surface area contributed by atoms with E-state index in [0.29, 0.717) is 10.6 Å². The van der Waals surface area contributed by atoms with Crippen LogP contribution in [0.3, 0.4) is 0 Å². The van der Waals surface area contributed by atoms with Gasteiger partial charge in [0.25, 0.3) is 5.91 Å². The van der Waals surface area contributed by atoms with Crippen LogP contribution in [0.1, 0.15) is 12.5 Å². The summed E-state index contributed by atoms with van der Waals surface area (Å²) < 4.78 is 0. The standard InChI is InChI=1S/C9H10ClNO2/c1-9(13,8(11)12)6-2-4-7(10)5-3-6/h2-5,13H,1H3,(H2,11,12). The van der Waals surface area contributed by atoms with E-state index in [1.807, 2.05) is 0 Å². The van der Waals surface area contributed by atoms with Gasteiger partial charge in [-0.25, -0.2) is 0 Å². The average Bonchev–Trinajstić information content (AvgIpc) is 2.04. The Bertz CT molecular complexity index is 319. The fourth-order valence-electron chi connectivity index (χ4n) is 0.917. The van der Waals surface area contributed by atoms with Crippen LogP contribution >= 0.6 is 11.6 Å². The van der Waals surface area contributed by atoms with Gasteiger partial charge in [-0.2, -0.15) is 0 Å². The number of amides is 1. The summed E-state index contributed by atoms with van der Waals surface area (Å²) in [5, 5.41) is 10.2. The number of carbonyl (C=O) groups is 1. The number of aliphatic hydroxyl groups is 1. The molecule has 0 saturated carbocycles. The molecule has 1 aromatic carbocycles. The Balaban J connectivity index is 3.08. The van der Waals surface area contributed by atoms with Gasteiger partial charge in [0.1, 0.15) is 0 Å². The first-order valence-corrected chi connectivity index (χ1v) is 4.10. The van der Waals surface area contributed by atoms with Gasteiger partial charge in [0.05, 0.1) is 0 Å². The van der Waals surface area contributed by atoms with Crippen LogP contribution in [0.2, 0.25) is 5.02 Å². The van der Waals surface area contributed by atoms with Crippen LogP contribution < -0.4 is 5.73 Å². The maximum Gasteiger partial charge on any atom is 0.253 e. The minimum Gasteiger partial charge on any atom is -0.376 e. The van der Waals surface area contributed by atoms with Crippen molar-refractivity contribution in [3.63, 3.8) is 0 Å². The molecule has 0 aliphatic heterocycles. The third-order valence-electron chi connectivity index (χ3n) is 1.89. The molecule has 1 unspecified atom stereocenters. The maximum absolute atomic E-state index is 10.8. The molecule has 70 valence electrons. The Morgan fingerprint density at radius 3 is 2.31 bits per heavy atom. The Labute approximate surface area is 81.1 Å². The lowest BCUT2D eigenvalue weighted by Gasteiger charge is -2.19. The van der Waals surface area contributed by atoms with E-state index in [1.165, 1.54) is 6.92 Å². The first kappa shape index (κ1) is 10.0. The summed E-state index contributed by atoms with van der Waals surface area (Å²) in [4.78, 5) is 10.8. The van der Waals surface area contributed by atoms with Gasteiger partial charge in [0, 0.05) is 5.02 Å². The van der Waals surface area contributed by atoms with Crippen LogP contribution in [0.4, 0.5) is 0 Å². The van der Waals surface area contributed by atoms with Gasteiger partial charge in [-0.05, 0) is 24.6 Å². The first-order chi connectivity index (χ1) is 5.94. The van der Waals surface area contributed by atoms with Crippen LogP contribution in [0.25, 0.3) is 0 Å². The van der Waals surface area contributed by atoms with Crippen molar-refractivity contribution in [2.45, 2.75) is 12.5 Å². The number of nitrogens with two attached hydrogens (primary N) is 1. The molecule has 3 nitrogen and oxygen atoms in total. The maximum atomic E-state index is 10.8. The molecule has 13 heavy (non-hydrogen) atoms. The van der Waals surface area contributed by atoms with E-state index < -0.39 is 11.5 Å². The second-order valence-electron chi connectivity index (χ2n) is 2.94. The molecule has 0 spiro atoms. The van der Waals surface area contributed by atoms with Gasteiger partial charge in [-0.15, -0.1) is 0 Å². The highest BCUT2D eigenvalue weighted by molar-refractivity contribution is 6.30. The molecule has 4 heteroatoms. The zero-order valence-electron chi connectivity index (χ0n) is 7.12. The molecule has 1 aromatic rings. The summed E-state index contributed by atoms with van der Waals surface area (Å²) >= 11 is 5.64. The van der Waals surface area contributed by atoms with Crippen molar-refractivity contribution in [2.75, 3.05) is 0 Å². The van der Waals surface area contributed by atoms with E-state index in [9.17, 15) is 9.90 Å². The quantitative estimate of drug-likeness (QED) is 0.748. The van der Waals surface area contributed by atoms with E-state index in [0.717, 1.165) is 0 Å². The van der Waals surface area contributed by atoms with E-state index >= 15 is 0 Å². The van der Waals surface area contributed by atoms with Crippen LogP contribution in [-0.4, -0.2) is 11.0 Å². The number of primary amides is 1. The molecule has 0 saturated heterocycles. The molecule has 0 aliphatic carbocycles. The molecule has 1 amide bonds. The fraction of sp³-hybridized carbons (Fsp3) is 0.222. The second kappa shape index (κ2) is 3.36. The first-order valence-electron chi connectivity index (χ1n) is 3.73. The summed E-state index contributed by atoms with van der Waals surface area (Å²) in [5.74, 6) is -0.783. The fourth-order valence-corrected chi connectivity index (χ4v) is 1.04. The molecule has 0 aliphatic rings. The largest absolute Gasteiger partial charge is 0.376 e. The average molecular weight is 200 g/mol. The molecule has 1 rings (SSSR count). The number of hydrogen-bond donors (Lipinski definition) is 2. The molecule has 0 bridgehead atoms. The topological polar surface area (TPSA) is 63.3 Å². The molecule has 3 N–H and O–H groups in total. The normalized spacial score (nSPS) is 15.0. The highest BCUT2D eigenvalue weighted by Crippen LogP contribution is 2.21. The van der Waals surface area contributed by atoms with E-state index in [-0.39, 0.29) is 0 Å². The highest BCUT2D eigenvalue weighted by Gasteiger charge is 2.29. The number of halogens is 1. The third-order valence-corrected chi connectivity index (χ3v) is 2.14. The van der Waals surface area contributed by atoms with Crippen molar-refractivity contribution < 1.29 is 9.90 Å². The highest BCUT2D eigenvalue weighted by atomic mass is 35.5. The number of benzene rings is 1. The molecule has 0 heterocycles. The van der Waals surface area contributed by atoms with Gasteiger partial charge in [0.2, 0.25) is 0 Å². The Hall–Kier alpha value is -1.06. The van der Waals surface area contributed by atoms with Crippen molar-refractivity contribution in [3.8, 4) is 0 Å². The third kappa shape index (κ3) is 1.99. The molecule has 0 fully saturated rings. The molecular formula is C9H10ClNO2. The molecule has 0 radical (unpaired) electrons. The lowest BCUT2D eigenvalue weighted by atomic mass is 9.96. The molecule has 0 aromatic heterocycles. The Kier molecular flexibility index (Phi) is 2.59. The van der Waals surface area contributed by atoms with Crippen molar-refractivity contribution >= 4 is 17.5 Å². The number of hydrogen-bond acceptors (Lipinski definition) is 2. The molecular weight excluding hydrogens is 190 g/mol. The predicted molar refractivity (Wildman–Crippen MR) is 50.2 cm³/mol. The van der Waals surface area contributed by atoms with Crippen LogP contribution in [-0.2, 0) is 10.4 Å². The monoisotopic (exact) mass is 199 g/mol. The SMILES string of the molecule is CC(O)(C(N)=O)c1ccc(Cl)cc1. The predicted octanol–water partition coefficient (Wildman–Crippen LogP) is 1.03. The minimum atomic E-state index is -1.63. The second-order valence-corrected chi connectivity index (χ2v) is 3.38. The summed E-state index contributed by atoms with van der Waals surface area (Å²) in [6, 6.07) is 6.31. The van der Waals surface area contributed by atoms with Crippen LogP contribution in [0.15, 0.2) is 24.3 Å². The minimum absolute atomic E-state index is 0.435. The summed E-state index contributed by atoms with van der Waals surface area (Å²) in [7, 11) is 0. The summed E-state index contributed by atoms with van der Waals surface area (Å²) in [5.41, 5.74) is 3.82. The van der Waals surface area contributed by atoms with E-state index in [4.69, 9.17) is 17.3 Å². The smallest absolute Gasteiger partial charge is 0.253 e. The summed E-state index contributed by atoms with van der Waals surface area (Å²) in [6.45, 7) is 1.35. The van der Waals surface area contributed by atoms with Crippen LogP contribution in [0.5, 0.6) is 0 Å². The van der Waals surface area contributed by atoms with Gasteiger partial charge in [0.15, 0.2) is 5.60 Å². The number of rotatable bonds is 2. The van der Waals surface area contributed by atoms with Gasteiger partial charge in [-0.3, -0.25) is 4.79 Å². The zero-order chi connectivity index (χ0) is 10.1. The lowest BCUT2D eigenvalue weighted by Crippen LogP contribution is -2.38. The summed E-state index contributed by atoms with van der Waals surface area (Å²) in [6.07, 6.45) is 0.